The van der Waals surface area contributed by atoms with Crippen LogP contribution in [-0.2, 0) is 11.0 Å². The first kappa shape index (κ1) is 18.8. The minimum Gasteiger partial charge on any atom is -0.481 e. The number of carboxylic acids is 1. The van der Waals surface area contributed by atoms with Crippen LogP contribution in [0.3, 0.4) is 0 Å². The Morgan fingerprint density at radius 3 is 2.52 bits per heavy atom. The van der Waals surface area contributed by atoms with E-state index in [1.54, 1.807) is 13.8 Å². The molecule has 8 heteroatoms. The Bertz CT molecular complexity index is 561. The van der Waals surface area contributed by atoms with E-state index in [-0.39, 0.29) is 19.5 Å². The van der Waals surface area contributed by atoms with Crippen LogP contribution in [0.15, 0.2) is 24.3 Å². The van der Waals surface area contributed by atoms with Gasteiger partial charge in [0.25, 0.3) is 0 Å². The van der Waals surface area contributed by atoms with Gasteiger partial charge in [0.05, 0.1) is 18.0 Å². The molecule has 1 unspecified atom stereocenters. The van der Waals surface area contributed by atoms with E-state index in [9.17, 15) is 22.8 Å². The second-order valence-electron chi connectivity index (χ2n) is 4.96. The second-order valence-corrected chi connectivity index (χ2v) is 4.96. The molecular formula is C15H19F3N2O3. The number of amides is 2. The molecule has 5 nitrogen and oxygen atoms in total. The van der Waals surface area contributed by atoms with Crippen molar-refractivity contribution in [2.24, 2.45) is 0 Å². The van der Waals surface area contributed by atoms with Crippen LogP contribution >= 0.6 is 0 Å². The zero-order valence-electron chi connectivity index (χ0n) is 12.9. The number of rotatable bonds is 6. The molecule has 0 aliphatic rings. The summed E-state index contributed by atoms with van der Waals surface area (Å²) in [4.78, 5) is 23.8. The molecule has 2 amide bonds. The highest BCUT2D eigenvalue weighted by Gasteiger charge is 2.31. The van der Waals surface area contributed by atoms with E-state index in [2.05, 4.69) is 5.32 Å². The number of carbonyl (C=O) groups is 2. The summed E-state index contributed by atoms with van der Waals surface area (Å²) in [7, 11) is 0. The Kier molecular flexibility index (Phi) is 6.41. The molecule has 1 rings (SSSR count). The van der Waals surface area contributed by atoms with Crippen molar-refractivity contribution >= 4 is 12.0 Å². The highest BCUT2D eigenvalue weighted by atomic mass is 19.4. The fraction of sp³-hybridized carbons (Fsp3) is 0.467. The van der Waals surface area contributed by atoms with Crippen molar-refractivity contribution in [1.29, 1.82) is 0 Å². The summed E-state index contributed by atoms with van der Waals surface area (Å²) in [5, 5.41) is 11.0. The Morgan fingerprint density at radius 2 is 2.00 bits per heavy atom. The van der Waals surface area contributed by atoms with Gasteiger partial charge in [-0.1, -0.05) is 12.1 Å². The van der Waals surface area contributed by atoms with Gasteiger partial charge in [0, 0.05) is 13.1 Å². The highest BCUT2D eigenvalue weighted by molar-refractivity contribution is 5.75. The Hall–Kier alpha value is -2.25. The van der Waals surface area contributed by atoms with Crippen LogP contribution in [0.25, 0.3) is 0 Å². The van der Waals surface area contributed by atoms with Gasteiger partial charge in [0.1, 0.15) is 0 Å². The first-order chi connectivity index (χ1) is 10.7. The van der Waals surface area contributed by atoms with Gasteiger partial charge >= 0.3 is 18.2 Å². The van der Waals surface area contributed by atoms with Gasteiger partial charge in [-0.2, -0.15) is 13.2 Å². The lowest BCUT2D eigenvalue weighted by atomic mass is 10.0. The van der Waals surface area contributed by atoms with Crippen LogP contribution in [0.2, 0.25) is 0 Å². The van der Waals surface area contributed by atoms with Crippen LogP contribution in [0.5, 0.6) is 0 Å². The topological polar surface area (TPSA) is 69.6 Å². The average Bonchev–Trinajstić information content (AvgIpc) is 2.46. The van der Waals surface area contributed by atoms with E-state index in [0.717, 1.165) is 12.1 Å². The number of nitrogens with zero attached hydrogens (tertiary/aromatic N) is 1. The number of hydrogen-bond acceptors (Lipinski definition) is 2. The number of aliphatic carboxylic acids is 1. The summed E-state index contributed by atoms with van der Waals surface area (Å²) in [5.74, 6) is -1.04. The molecule has 0 bridgehead atoms. The first-order valence-electron chi connectivity index (χ1n) is 7.10. The monoisotopic (exact) mass is 332 g/mol. The number of nitrogens with one attached hydrogen (secondary N) is 1. The molecule has 0 aromatic heterocycles. The maximum Gasteiger partial charge on any atom is 0.416 e. The van der Waals surface area contributed by atoms with E-state index in [0.29, 0.717) is 5.56 Å². The number of hydrogen-bond donors (Lipinski definition) is 2. The van der Waals surface area contributed by atoms with Crippen molar-refractivity contribution < 1.29 is 27.9 Å². The fourth-order valence-corrected chi connectivity index (χ4v) is 2.13. The lowest BCUT2D eigenvalue weighted by Gasteiger charge is -2.29. The molecule has 128 valence electrons. The SMILES string of the molecule is CCN(C(=O)NCCC(=O)O)C(C)c1cccc(C(F)(F)F)c1. The molecule has 0 saturated heterocycles. The summed E-state index contributed by atoms with van der Waals surface area (Å²) in [6.45, 7) is 3.55. The maximum atomic E-state index is 12.8. The van der Waals surface area contributed by atoms with Crippen molar-refractivity contribution in [2.45, 2.75) is 32.5 Å². The third-order valence-corrected chi connectivity index (χ3v) is 3.38. The van der Waals surface area contributed by atoms with Crippen molar-refractivity contribution in [3.8, 4) is 0 Å². The maximum absolute atomic E-state index is 12.8. The minimum absolute atomic E-state index is 0.0417. The summed E-state index contributed by atoms with van der Waals surface area (Å²) in [5.41, 5.74) is -0.417. The molecule has 0 spiro atoms. The number of alkyl halides is 3. The van der Waals surface area contributed by atoms with Crippen LogP contribution in [-0.4, -0.2) is 35.1 Å². The van der Waals surface area contributed by atoms with Crippen molar-refractivity contribution in [1.82, 2.24) is 10.2 Å². The summed E-state index contributed by atoms with van der Waals surface area (Å²) < 4.78 is 38.3. The number of carboxylic acid groups (broad SMARTS) is 1. The molecule has 0 heterocycles. The van der Waals surface area contributed by atoms with Gasteiger partial charge in [-0.05, 0) is 31.5 Å². The predicted octanol–water partition coefficient (Wildman–Crippen LogP) is 3.27. The zero-order valence-corrected chi connectivity index (χ0v) is 12.9. The number of urea groups is 1. The lowest BCUT2D eigenvalue weighted by molar-refractivity contribution is -0.138. The molecule has 0 aliphatic heterocycles. The van der Waals surface area contributed by atoms with Crippen LogP contribution in [0, 0.1) is 0 Å². The smallest absolute Gasteiger partial charge is 0.416 e. The molecule has 23 heavy (non-hydrogen) atoms. The van der Waals surface area contributed by atoms with Crippen LogP contribution in [0.4, 0.5) is 18.0 Å². The minimum atomic E-state index is -4.45. The van der Waals surface area contributed by atoms with Gasteiger partial charge in [-0.25, -0.2) is 4.79 Å². The molecule has 1 aromatic carbocycles. The predicted molar refractivity (Wildman–Crippen MR) is 77.9 cm³/mol. The van der Waals surface area contributed by atoms with Crippen molar-refractivity contribution in [2.75, 3.05) is 13.1 Å². The number of benzene rings is 1. The molecule has 1 atom stereocenters. The van der Waals surface area contributed by atoms with E-state index in [1.807, 2.05) is 0 Å². The van der Waals surface area contributed by atoms with Gasteiger partial charge in [-0.3, -0.25) is 4.79 Å². The van der Waals surface area contributed by atoms with Crippen LogP contribution in [0.1, 0.15) is 37.4 Å². The third kappa shape index (κ3) is 5.46. The van der Waals surface area contributed by atoms with E-state index in [4.69, 9.17) is 5.11 Å². The summed E-state index contributed by atoms with van der Waals surface area (Å²) >= 11 is 0. The van der Waals surface area contributed by atoms with Gasteiger partial charge in [0.15, 0.2) is 0 Å². The largest absolute Gasteiger partial charge is 0.481 e. The number of halogens is 3. The Morgan fingerprint density at radius 1 is 1.35 bits per heavy atom. The fourth-order valence-electron chi connectivity index (χ4n) is 2.13. The zero-order chi connectivity index (χ0) is 17.6. The molecule has 0 radical (unpaired) electrons. The Balaban J connectivity index is 2.85. The number of carbonyl (C=O) groups excluding carboxylic acids is 1. The molecule has 0 fully saturated rings. The van der Waals surface area contributed by atoms with Gasteiger partial charge in [0.2, 0.25) is 0 Å². The van der Waals surface area contributed by atoms with Crippen molar-refractivity contribution in [3.05, 3.63) is 35.4 Å². The normalized spacial score (nSPS) is 12.6. The molecule has 0 aliphatic carbocycles. The first-order valence-corrected chi connectivity index (χ1v) is 7.10. The van der Waals surface area contributed by atoms with Gasteiger partial charge in [-0.15, -0.1) is 0 Å². The Labute approximate surface area is 132 Å². The summed E-state index contributed by atoms with van der Waals surface area (Å²) in [6, 6.07) is 3.71. The van der Waals surface area contributed by atoms with E-state index >= 15 is 0 Å². The average molecular weight is 332 g/mol. The molecule has 1 aromatic rings. The quantitative estimate of drug-likeness (QED) is 0.840. The molecule has 0 saturated carbocycles. The second kappa shape index (κ2) is 7.85. The highest BCUT2D eigenvalue weighted by Crippen LogP contribution is 2.31. The standard InChI is InChI=1S/C15H19F3N2O3/c1-3-20(14(23)19-8-7-13(21)22)10(2)11-5-4-6-12(9-11)15(16,17)18/h4-6,9-10H,3,7-8H2,1-2H3,(H,19,23)(H,21,22). The van der Waals surface area contributed by atoms with Gasteiger partial charge < -0.3 is 15.3 Å². The summed E-state index contributed by atoms with van der Waals surface area (Å²) in [6.07, 6.45) is -4.67. The molecular weight excluding hydrogens is 313 g/mol. The van der Waals surface area contributed by atoms with Crippen LogP contribution < -0.4 is 5.32 Å². The molecule has 2 N–H and O–H groups in total. The lowest BCUT2D eigenvalue weighted by Crippen LogP contribution is -2.42. The van der Waals surface area contributed by atoms with Crippen molar-refractivity contribution in [3.63, 3.8) is 0 Å². The third-order valence-electron chi connectivity index (χ3n) is 3.38. The van der Waals surface area contributed by atoms with E-state index in [1.165, 1.54) is 17.0 Å². The van der Waals surface area contributed by atoms with E-state index < -0.39 is 29.8 Å².